The van der Waals surface area contributed by atoms with Crippen LogP contribution in [0.2, 0.25) is 0 Å². The molecular weight excluding hydrogens is 364 g/mol. The summed E-state index contributed by atoms with van der Waals surface area (Å²) in [6.07, 6.45) is 6.19. The first-order valence-corrected chi connectivity index (χ1v) is 9.94. The third-order valence-electron chi connectivity index (χ3n) is 5.64. The van der Waals surface area contributed by atoms with E-state index in [0.29, 0.717) is 17.5 Å². The van der Waals surface area contributed by atoms with E-state index < -0.39 is 0 Å². The number of pyridine rings is 1. The predicted molar refractivity (Wildman–Crippen MR) is 108 cm³/mol. The van der Waals surface area contributed by atoms with Gasteiger partial charge in [0.25, 0.3) is 11.6 Å². The molecule has 0 unspecified atom stereocenters. The molecule has 0 aromatic carbocycles. The van der Waals surface area contributed by atoms with E-state index in [9.17, 15) is 4.79 Å². The van der Waals surface area contributed by atoms with Gasteiger partial charge in [0.1, 0.15) is 0 Å². The highest BCUT2D eigenvalue weighted by molar-refractivity contribution is 6.06. The minimum atomic E-state index is 0. The topological polar surface area (TPSA) is 71.3 Å². The van der Waals surface area contributed by atoms with Gasteiger partial charge in [-0.3, -0.25) is 4.79 Å². The fourth-order valence-corrected chi connectivity index (χ4v) is 3.99. The number of aromatic nitrogens is 2. The lowest BCUT2D eigenvalue weighted by Crippen LogP contribution is -2.40. The van der Waals surface area contributed by atoms with Crippen molar-refractivity contribution in [2.45, 2.75) is 51.4 Å². The smallest absolute Gasteiger partial charge is 0.259 e. The van der Waals surface area contributed by atoms with E-state index in [1.807, 2.05) is 18.0 Å². The van der Waals surface area contributed by atoms with E-state index in [4.69, 9.17) is 4.52 Å². The van der Waals surface area contributed by atoms with Crippen molar-refractivity contribution >= 4 is 29.4 Å². The summed E-state index contributed by atoms with van der Waals surface area (Å²) in [6, 6.07) is 2.01. The Morgan fingerprint density at radius 2 is 2.04 bits per heavy atom. The van der Waals surface area contributed by atoms with Crippen LogP contribution in [-0.2, 0) is 6.42 Å². The first-order chi connectivity index (χ1) is 12.7. The molecule has 2 aliphatic rings. The third-order valence-corrected chi connectivity index (χ3v) is 5.64. The third kappa shape index (κ3) is 4.11. The van der Waals surface area contributed by atoms with Crippen LogP contribution >= 0.6 is 12.4 Å². The van der Waals surface area contributed by atoms with Crippen LogP contribution in [-0.4, -0.2) is 47.6 Å². The number of carbonyl (C=O) groups excluding carboxylic acids is 1. The highest BCUT2D eigenvalue weighted by Crippen LogP contribution is 2.41. The molecule has 1 amide bonds. The van der Waals surface area contributed by atoms with Crippen molar-refractivity contribution in [3.63, 3.8) is 0 Å². The molecule has 3 heterocycles. The average molecular weight is 393 g/mol. The van der Waals surface area contributed by atoms with Crippen LogP contribution in [0.15, 0.2) is 10.6 Å². The molecule has 1 N–H and O–H groups in total. The zero-order valence-electron chi connectivity index (χ0n) is 16.2. The van der Waals surface area contributed by atoms with E-state index >= 15 is 0 Å². The second-order valence-corrected chi connectivity index (χ2v) is 7.72. The van der Waals surface area contributed by atoms with Crippen molar-refractivity contribution in [1.29, 1.82) is 0 Å². The van der Waals surface area contributed by atoms with Crippen LogP contribution in [0.4, 0.5) is 0 Å². The second-order valence-electron chi connectivity index (χ2n) is 7.72. The fourth-order valence-electron chi connectivity index (χ4n) is 3.99. The van der Waals surface area contributed by atoms with Crippen LogP contribution in [0.5, 0.6) is 0 Å². The molecule has 4 rings (SSSR count). The number of nitrogens with zero attached hydrogens (tertiary/aromatic N) is 3. The Hall–Kier alpha value is -1.66. The molecular formula is C20H29ClN4O2. The molecule has 1 saturated carbocycles. The zero-order valence-corrected chi connectivity index (χ0v) is 17.0. The monoisotopic (exact) mass is 392 g/mol. The summed E-state index contributed by atoms with van der Waals surface area (Å²) in [6.45, 7) is 4.78. The Labute approximate surface area is 166 Å². The maximum atomic E-state index is 13.3. The Morgan fingerprint density at radius 1 is 1.30 bits per heavy atom. The van der Waals surface area contributed by atoms with Crippen molar-refractivity contribution in [3.8, 4) is 0 Å². The average Bonchev–Trinajstić information content (AvgIpc) is 3.44. The van der Waals surface area contributed by atoms with E-state index in [0.717, 1.165) is 80.5 Å². The molecule has 6 nitrogen and oxygen atoms in total. The maximum absolute atomic E-state index is 13.3. The second kappa shape index (κ2) is 8.57. The lowest BCUT2D eigenvalue weighted by Gasteiger charge is -2.32. The summed E-state index contributed by atoms with van der Waals surface area (Å²) >= 11 is 0. The highest BCUT2D eigenvalue weighted by Gasteiger charge is 2.31. The molecule has 1 aliphatic carbocycles. The maximum Gasteiger partial charge on any atom is 0.259 e. The van der Waals surface area contributed by atoms with Gasteiger partial charge in [0.2, 0.25) is 0 Å². The number of hydrogen-bond acceptors (Lipinski definition) is 5. The molecule has 0 spiro atoms. The Balaban J connectivity index is 0.00000210. The molecule has 7 heteroatoms. The molecule has 1 aliphatic heterocycles. The summed E-state index contributed by atoms with van der Waals surface area (Å²) in [5.74, 6) is 1.25. The van der Waals surface area contributed by atoms with Crippen LogP contribution in [0.1, 0.15) is 66.7 Å². The van der Waals surface area contributed by atoms with Gasteiger partial charge >= 0.3 is 0 Å². The molecule has 1 saturated heterocycles. The number of piperidine rings is 1. The van der Waals surface area contributed by atoms with E-state index in [-0.39, 0.29) is 18.3 Å². The summed E-state index contributed by atoms with van der Waals surface area (Å²) < 4.78 is 5.51. The van der Waals surface area contributed by atoms with Crippen molar-refractivity contribution in [2.75, 3.05) is 26.7 Å². The SMILES string of the molecule is CCCc1noc2nc(C3CC3)cc(C(=O)N3CCC(CNC)CC3)c12.Cl. The van der Waals surface area contributed by atoms with Crippen LogP contribution in [0.25, 0.3) is 11.1 Å². The van der Waals surface area contributed by atoms with Gasteiger partial charge in [-0.05, 0) is 57.7 Å². The minimum absolute atomic E-state index is 0. The van der Waals surface area contributed by atoms with E-state index in [1.165, 1.54) is 0 Å². The first kappa shape index (κ1) is 20.1. The van der Waals surface area contributed by atoms with Gasteiger partial charge in [-0.1, -0.05) is 18.5 Å². The first-order valence-electron chi connectivity index (χ1n) is 9.94. The summed E-state index contributed by atoms with van der Waals surface area (Å²) in [5, 5.41) is 8.30. The van der Waals surface area contributed by atoms with Crippen LogP contribution in [0.3, 0.4) is 0 Å². The standard InChI is InChI=1S/C20H28N4O2.ClH/c1-3-4-16-18-15(11-17(14-5-6-14)22-19(18)26-23-16)20(25)24-9-7-13(8-10-24)12-21-2;/h11,13-14,21H,3-10,12H2,1-2H3;1H. The fraction of sp³-hybridized carbons (Fsp3) is 0.650. The lowest BCUT2D eigenvalue weighted by atomic mass is 9.95. The molecule has 2 aromatic heterocycles. The number of nitrogens with one attached hydrogen (secondary N) is 1. The molecule has 27 heavy (non-hydrogen) atoms. The molecule has 0 bridgehead atoms. The van der Waals surface area contributed by atoms with E-state index in [1.54, 1.807) is 0 Å². The zero-order chi connectivity index (χ0) is 18.1. The number of hydrogen-bond donors (Lipinski definition) is 1. The molecule has 148 valence electrons. The number of halogens is 1. The molecule has 0 atom stereocenters. The summed E-state index contributed by atoms with van der Waals surface area (Å²) in [4.78, 5) is 20.0. The van der Waals surface area contributed by atoms with Gasteiger partial charge in [0, 0.05) is 24.7 Å². The van der Waals surface area contributed by atoms with Crippen molar-refractivity contribution in [1.82, 2.24) is 20.4 Å². The predicted octanol–water partition coefficient (Wildman–Crippen LogP) is 3.55. The summed E-state index contributed by atoms with van der Waals surface area (Å²) in [7, 11) is 1.99. The minimum Gasteiger partial charge on any atom is -0.339 e. The van der Waals surface area contributed by atoms with Gasteiger partial charge in [0.15, 0.2) is 0 Å². The van der Waals surface area contributed by atoms with Crippen molar-refractivity contribution in [3.05, 3.63) is 23.0 Å². The van der Waals surface area contributed by atoms with Gasteiger partial charge in [-0.25, -0.2) is 4.98 Å². The van der Waals surface area contributed by atoms with Gasteiger partial charge < -0.3 is 14.7 Å². The number of carbonyl (C=O) groups is 1. The lowest BCUT2D eigenvalue weighted by molar-refractivity contribution is 0.0692. The normalized spacial score (nSPS) is 17.9. The molecule has 2 fully saturated rings. The largest absolute Gasteiger partial charge is 0.339 e. The quantitative estimate of drug-likeness (QED) is 0.813. The Bertz CT molecular complexity index is 795. The van der Waals surface area contributed by atoms with Crippen LogP contribution < -0.4 is 5.32 Å². The van der Waals surface area contributed by atoms with E-state index in [2.05, 4.69) is 22.4 Å². The van der Waals surface area contributed by atoms with Gasteiger partial charge in [-0.15, -0.1) is 12.4 Å². The van der Waals surface area contributed by atoms with Gasteiger partial charge in [-0.2, -0.15) is 0 Å². The Morgan fingerprint density at radius 3 is 2.67 bits per heavy atom. The number of amides is 1. The number of fused-ring (bicyclic) bond motifs is 1. The van der Waals surface area contributed by atoms with Crippen molar-refractivity contribution < 1.29 is 9.32 Å². The summed E-state index contributed by atoms with van der Waals surface area (Å²) in [5.41, 5.74) is 3.14. The highest BCUT2D eigenvalue weighted by atomic mass is 35.5. The molecule has 0 radical (unpaired) electrons. The van der Waals surface area contributed by atoms with Crippen molar-refractivity contribution in [2.24, 2.45) is 5.92 Å². The number of likely N-dealkylation sites (tertiary alicyclic amines) is 1. The number of rotatable bonds is 6. The van der Waals surface area contributed by atoms with Gasteiger partial charge in [0.05, 0.1) is 16.6 Å². The number of aryl methyl sites for hydroxylation is 1. The van der Waals surface area contributed by atoms with Crippen LogP contribution in [0, 0.1) is 5.92 Å². The Kier molecular flexibility index (Phi) is 6.37. The molecule has 2 aromatic rings.